The number of carboxylic acids is 1. The molecule has 1 atom stereocenters. The highest BCUT2D eigenvalue weighted by Gasteiger charge is 2.60. The molecule has 11 heteroatoms. The van der Waals surface area contributed by atoms with Crippen molar-refractivity contribution < 1.29 is 32.3 Å². The van der Waals surface area contributed by atoms with Gasteiger partial charge < -0.3 is 10.0 Å². The van der Waals surface area contributed by atoms with Crippen LogP contribution < -0.4 is 9.80 Å². The Kier molecular flexibility index (Phi) is 5.08. The van der Waals surface area contributed by atoms with E-state index >= 15 is 0 Å². The van der Waals surface area contributed by atoms with Crippen molar-refractivity contribution in [3.8, 4) is 6.07 Å². The second-order valence-corrected chi connectivity index (χ2v) is 8.05. The number of carbonyl (C=O) groups excluding carboxylic acids is 1. The van der Waals surface area contributed by atoms with Crippen molar-refractivity contribution in [2.24, 2.45) is 0 Å². The fraction of sp³-hybridized carbons (Fsp3) is 0.286. The molecule has 1 unspecified atom stereocenters. The summed E-state index contributed by atoms with van der Waals surface area (Å²) in [4.78, 5) is 27.1. The second-order valence-electron chi connectivity index (χ2n) is 7.59. The Labute approximate surface area is 185 Å². The molecule has 6 nitrogen and oxygen atoms in total. The maximum atomic E-state index is 14.4. The van der Waals surface area contributed by atoms with Crippen molar-refractivity contribution in [1.82, 2.24) is 0 Å². The lowest BCUT2D eigenvalue weighted by atomic mass is 9.75. The number of nitriles is 1. The molecule has 2 fully saturated rings. The van der Waals surface area contributed by atoms with Gasteiger partial charge in [-0.25, -0.2) is 9.18 Å². The topological polar surface area (TPSA) is 84.6 Å². The van der Waals surface area contributed by atoms with Gasteiger partial charge in [-0.1, -0.05) is 0 Å². The predicted octanol–water partition coefficient (Wildman–Crippen LogP) is 4.40. The molecule has 2 aromatic rings. The molecule has 4 rings (SSSR count). The van der Waals surface area contributed by atoms with Gasteiger partial charge in [-0.2, -0.15) is 18.4 Å². The summed E-state index contributed by atoms with van der Waals surface area (Å²) >= 11 is 4.47. The molecule has 1 spiro atoms. The molecule has 1 aliphatic heterocycles. The molecule has 1 saturated carbocycles. The maximum absolute atomic E-state index is 14.4. The van der Waals surface area contributed by atoms with Crippen LogP contribution in [0.3, 0.4) is 0 Å². The number of hydrogen-bond acceptors (Lipinski definition) is 5. The van der Waals surface area contributed by atoms with Gasteiger partial charge >= 0.3 is 12.1 Å². The van der Waals surface area contributed by atoms with Crippen LogP contribution in [0, 0.1) is 17.1 Å². The van der Waals surface area contributed by atoms with Crippen molar-refractivity contribution in [3.05, 3.63) is 58.9 Å². The smallest absolute Gasteiger partial charge is 0.417 e. The number of rotatable bonds is 3. The molecule has 1 heterocycles. The summed E-state index contributed by atoms with van der Waals surface area (Å²) in [5.74, 6) is -2.95. The fourth-order valence-electron chi connectivity index (χ4n) is 4.21. The molecule has 1 N–H and O–H groups in total. The van der Waals surface area contributed by atoms with E-state index in [9.17, 15) is 27.2 Å². The number of amides is 1. The zero-order chi connectivity index (χ0) is 23.4. The number of carbonyl (C=O) groups is 2. The minimum atomic E-state index is -4.81. The summed E-state index contributed by atoms with van der Waals surface area (Å²) in [6.45, 7) is 0. The van der Waals surface area contributed by atoms with E-state index < -0.39 is 51.6 Å². The first-order valence-electron chi connectivity index (χ1n) is 9.46. The van der Waals surface area contributed by atoms with Crippen LogP contribution in [0.1, 0.15) is 40.7 Å². The van der Waals surface area contributed by atoms with Gasteiger partial charge in [-0.3, -0.25) is 9.69 Å². The molecular formula is C21H15F4N3O3S. The molecule has 0 radical (unpaired) electrons. The average Bonchev–Trinajstić information content (AvgIpc) is 2.93. The van der Waals surface area contributed by atoms with E-state index in [2.05, 4.69) is 12.6 Å². The van der Waals surface area contributed by atoms with E-state index in [1.165, 1.54) is 23.1 Å². The number of nitrogens with zero attached hydrogens (tertiary/aromatic N) is 3. The monoisotopic (exact) mass is 465 g/mol. The number of hydrogen-bond donors (Lipinski definition) is 2. The van der Waals surface area contributed by atoms with Crippen LogP contribution in [0.4, 0.5) is 28.9 Å². The molecule has 1 saturated heterocycles. The third-order valence-corrected chi connectivity index (χ3v) is 6.35. The first-order chi connectivity index (χ1) is 15.0. The van der Waals surface area contributed by atoms with E-state index in [0.717, 1.165) is 29.2 Å². The third kappa shape index (κ3) is 3.17. The zero-order valence-electron chi connectivity index (χ0n) is 16.2. The highest BCUT2D eigenvalue weighted by molar-refractivity contribution is 7.81. The Morgan fingerprint density at radius 1 is 1.19 bits per heavy atom. The van der Waals surface area contributed by atoms with Gasteiger partial charge in [-0.05, 0) is 55.7 Å². The minimum Gasteiger partial charge on any atom is -0.478 e. The SMILES string of the molecule is N#Cc1ccc(N2C(=O)C3(CCC3)N(c3ccc(C(=O)O)c(F)c3)C2S)cc1C(F)(F)F. The minimum absolute atomic E-state index is 0.0993. The largest absolute Gasteiger partial charge is 0.478 e. The number of halogens is 4. The van der Waals surface area contributed by atoms with Crippen LogP contribution in [-0.2, 0) is 11.0 Å². The molecule has 2 aliphatic rings. The van der Waals surface area contributed by atoms with Crippen molar-refractivity contribution in [3.63, 3.8) is 0 Å². The number of anilines is 2. The molecule has 2 aromatic carbocycles. The Morgan fingerprint density at radius 2 is 1.84 bits per heavy atom. The zero-order valence-corrected chi connectivity index (χ0v) is 17.1. The summed E-state index contributed by atoms with van der Waals surface area (Å²) in [5, 5.41) is 18.1. The molecule has 1 aliphatic carbocycles. The third-order valence-electron chi connectivity index (χ3n) is 5.89. The van der Waals surface area contributed by atoms with Gasteiger partial charge in [0.1, 0.15) is 11.4 Å². The highest BCUT2D eigenvalue weighted by atomic mass is 32.1. The van der Waals surface area contributed by atoms with E-state index in [0.29, 0.717) is 19.3 Å². The summed E-state index contributed by atoms with van der Waals surface area (Å²) in [7, 11) is 0. The number of carboxylic acid groups (broad SMARTS) is 1. The van der Waals surface area contributed by atoms with Crippen LogP contribution in [0.2, 0.25) is 0 Å². The van der Waals surface area contributed by atoms with Crippen LogP contribution in [0.5, 0.6) is 0 Å². The standard InChI is InChI=1S/C21H15F4N3O3S/c22-16-9-13(4-5-14(16)17(29)30)28-19(32)27(18(31)20(28)6-1-7-20)12-3-2-11(10-26)15(8-12)21(23,24)25/h2-5,8-9,19,32H,1,6-7H2,(H,29,30). The number of thiol groups is 1. The van der Waals surface area contributed by atoms with Gasteiger partial charge in [0.25, 0.3) is 5.91 Å². The highest BCUT2D eigenvalue weighted by Crippen LogP contribution is 2.50. The van der Waals surface area contributed by atoms with E-state index in [1.54, 1.807) is 0 Å². The van der Waals surface area contributed by atoms with E-state index in [1.807, 2.05) is 0 Å². The van der Waals surface area contributed by atoms with Crippen molar-refractivity contribution in [2.75, 3.05) is 9.80 Å². The van der Waals surface area contributed by atoms with Crippen LogP contribution in [0.15, 0.2) is 36.4 Å². The predicted molar refractivity (Wildman–Crippen MR) is 109 cm³/mol. The second kappa shape index (κ2) is 7.41. The first kappa shape index (κ1) is 22.0. The summed E-state index contributed by atoms with van der Waals surface area (Å²) in [5.41, 5.74) is -4.42. The van der Waals surface area contributed by atoms with Gasteiger partial charge in [0.2, 0.25) is 0 Å². The Bertz CT molecular complexity index is 1170. The number of alkyl halides is 3. The van der Waals surface area contributed by atoms with Gasteiger partial charge in [0, 0.05) is 11.4 Å². The quantitative estimate of drug-likeness (QED) is 0.519. The van der Waals surface area contributed by atoms with Crippen LogP contribution in [0.25, 0.3) is 0 Å². The Hall–Kier alpha value is -3.26. The lowest BCUT2D eigenvalue weighted by Crippen LogP contribution is -2.55. The Morgan fingerprint density at radius 3 is 2.34 bits per heavy atom. The summed E-state index contributed by atoms with van der Waals surface area (Å²) < 4.78 is 54.7. The number of aromatic carboxylic acids is 1. The molecule has 166 valence electrons. The molecule has 32 heavy (non-hydrogen) atoms. The normalized spacial score (nSPS) is 19.8. The van der Waals surface area contributed by atoms with Crippen molar-refractivity contribution in [1.29, 1.82) is 5.26 Å². The molecule has 1 amide bonds. The van der Waals surface area contributed by atoms with Crippen LogP contribution >= 0.6 is 12.6 Å². The molecule has 0 bridgehead atoms. The van der Waals surface area contributed by atoms with Crippen molar-refractivity contribution in [2.45, 2.75) is 36.5 Å². The van der Waals surface area contributed by atoms with Crippen molar-refractivity contribution >= 4 is 35.9 Å². The average molecular weight is 465 g/mol. The molecule has 0 aromatic heterocycles. The van der Waals surface area contributed by atoms with E-state index in [4.69, 9.17) is 10.4 Å². The lowest BCUT2D eigenvalue weighted by Gasteiger charge is -2.44. The van der Waals surface area contributed by atoms with E-state index in [-0.39, 0.29) is 11.4 Å². The van der Waals surface area contributed by atoms with Gasteiger partial charge in [-0.15, -0.1) is 12.6 Å². The summed E-state index contributed by atoms with van der Waals surface area (Å²) in [6.07, 6.45) is -3.37. The number of benzene rings is 2. The maximum Gasteiger partial charge on any atom is 0.417 e. The van der Waals surface area contributed by atoms with Crippen LogP contribution in [-0.4, -0.2) is 28.0 Å². The molecular weight excluding hydrogens is 450 g/mol. The van der Waals surface area contributed by atoms with Gasteiger partial charge in [0.15, 0.2) is 5.50 Å². The Balaban J connectivity index is 1.81. The van der Waals surface area contributed by atoms with Gasteiger partial charge in [0.05, 0.1) is 22.8 Å². The fourth-order valence-corrected chi connectivity index (χ4v) is 4.80. The first-order valence-corrected chi connectivity index (χ1v) is 9.98. The summed E-state index contributed by atoms with van der Waals surface area (Å²) in [6, 6.07) is 7.83. The lowest BCUT2D eigenvalue weighted by molar-refractivity contribution is -0.137.